The van der Waals surface area contributed by atoms with Crippen LogP contribution in [0, 0.1) is 11.8 Å². The molecule has 2 aliphatic rings. The third-order valence-electron chi connectivity index (χ3n) is 4.09. The zero-order valence-corrected chi connectivity index (χ0v) is 9.04. The molecule has 14 heavy (non-hydrogen) atoms. The summed E-state index contributed by atoms with van der Waals surface area (Å²) in [7, 11) is 0. The van der Waals surface area contributed by atoms with Crippen LogP contribution in [0.2, 0.25) is 0 Å². The molecule has 2 unspecified atom stereocenters. The molecule has 0 amide bonds. The van der Waals surface area contributed by atoms with E-state index >= 15 is 0 Å². The van der Waals surface area contributed by atoms with E-state index in [1.165, 1.54) is 44.9 Å². The molecule has 0 spiro atoms. The van der Waals surface area contributed by atoms with Gasteiger partial charge in [-0.25, -0.2) is 0 Å². The normalized spacial score (nSPS) is 35.8. The maximum absolute atomic E-state index is 9.33. The molecule has 2 nitrogen and oxygen atoms in total. The van der Waals surface area contributed by atoms with Crippen LogP contribution in [0.1, 0.15) is 44.9 Å². The molecule has 0 aromatic rings. The molecule has 82 valence electrons. The second-order valence-corrected chi connectivity index (χ2v) is 4.95. The Morgan fingerprint density at radius 2 is 1.79 bits per heavy atom. The summed E-state index contributed by atoms with van der Waals surface area (Å²) in [4.78, 5) is 0. The van der Waals surface area contributed by atoms with Gasteiger partial charge in [0, 0.05) is 6.04 Å². The molecule has 1 aliphatic carbocycles. The van der Waals surface area contributed by atoms with Gasteiger partial charge in [-0.15, -0.1) is 0 Å². The first-order valence-electron chi connectivity index (χ1n) is 6.26. The van der Waals surface area contributed by atoms with Crippen molar-refractivity contribution in [3.8, 4) is 0 Å². The number of hydrogen-bond donors (Lipinski definition) is 2. The molecule has 1 heterocycles. The summed E-state index contributed by atoms with van der Waals surface area (Å²) in [5.41, 5.74) is 0. The maximum Gasteiger partial charge on any atom is 0.0587 e. The van der Waals surface area contributed by atoms with E-state index in [2.05, 4.69) is 5.32 Å². The number of aliphatic hydroxyl groups is 1. The second-order valence-electron chi connectivity index (χ2n) is 4.95. The summed E-state index contributed by atoms with van der Waals surface area (Å²) in [5.74, 6) is 1.66. The predicted octanol–water partition coefficient (Wildman–Crippen LogP) is 1.93. The minimum Gasteiger partial charge on any atom is -0.395 e. The highest BCUT2D eigenvalue weighted by atomic mass is 16.3. The number of hydrogen-bond acceptors (Lipinski definition) is 2. The van der Waals surface area contributed by atoms with Crippen LogP contribution in [0.5, 0.6) is 0 Å². The lowest BCUT2D eigenvalue weighted by Gasteiger charge is -2.38. The molecule has 0 aromatic carbocycles. The summed E-state index contributed by atoms with van der Waals surface area (Å²) in [5, 5.41) is 12.8. The number of piperidine rings is 1. The minimum atomic E-state index is 0.334. The Morgan fingerprint density at radius 1 is 1.00 bits per heavy atom. The first-order chi connectivity index (χ1) is 6.92. The fourth-order valence-electron chi connectivity index (χ4n) is 3.30. The van der Waals surface area contributed by atoms with Gasteiger partial charge < -0.3 is 10.4 Å². The van der Waals surface area contributed by atoms with Gasteiger partial charge in [0.25, 0.3) is 0 Å². The lowest BCUT2D eigenvalue weighted by molar-refractivity contribution is 0.110. The van der Waals surface area contributed by atoms with Crippen LogP contribution >= 0.6 is 0 Å². The van der Waals surface area contributed by atoms with Crippen LogP contribution in [0.15, 0.2) is 0 Å². The van der Waals surface area contributed by atoms with Crippen molar-refractivity contribution in [3.63, 3.8) is 0 Å². The Labute approximate surface area is 87.1 Å². The first-order valence-corrected chi connectivity index (χ1v) is 6.26. The minimum absolute atomic E-state index is 0.334. The smallest absolute Gasteiger partial charge is 0.0587 e. The number of aliphatic hydroxyl groups excluding tert-OH is 1. The van der Waals surface area contributed by atoms with Crippen molar-refractivity contribution in [1.82, 2.24) is 5.32 Å². The molecular weight excluding hydrogens is 174 g/mol. The summed E-state index contributed by atoms with van der Waals surface area (Å²) in [6, 6.07) is 0.395. The van der Waals surface area contributed by atoms with E-state index in [-0.39, 0.29) is 0 Å². The van der Waals surface area contributed by atoms with Crippen molar-refractivity contribution in [2.45, 2.75) is 51.0 Å². The first kappa shape index (κ1) is 10.4. The molecule has 2 N–H and O–H groups in total. The van der Waals surface area contributed by atoms with Gasteiger partial charge in [0.1, 0.15) is 0 Å². The molecule has 1 saturated carbocycles. The topological polar surface area (TPSA) is 32.3 Å². The number of rotatable bonds is 2. The van der Waals surface area contributed by atoms with Crippen LogP contribution in [0.4, 0.5) is 0 Å². The Balaban J connectivity index is 1.91. The Morgan fingerprint density at radius 3 is 2.50 bits per heavy atom. The molecule has 1 saturated heterocycles. The van der Waals surface area contributed by atoms with Crippen LogP contribution in [0.3, 0.4) is 0 Å². The lowest BCUT2D eigenvalue weighted by Crippen LogP contribution is -2.47. The molecular formula is C12H23NO. The third-order valence-corrected chi connectivity index (χ3v) is 4.09. The molecule has 0 radical (unpaired) electrons. The van der Waals surface area contributed by atoms with E-state index in [0.29, 0.717) is 12.6 Å². The second kappa shape index (κ2) is 5.13. The monoisotopic (exact) mass is 197 g/mol. The van der Waals surface area contributed by atoms with Crippen LogP contribution in [0.25, 0.3) is 0 Å². The summed E-state index contributed by atoms with van der Waals surface area (Å²) in [6.45, 7) is 1.44. The largest absolute Gasteiger partial charge is 0.395 e. The zero-order valence-electron chi connectivity index (χ0n) is 9.04. The molecule has 2 fully saturated rings. The van der Waals surface area contributed by atoms with Crippen molar-refractivity contribution >= 4 is 0 Å². The zero-order chi connectivity index (χ0) is 9.80. The summed E-state index contributed by atoms with van der Waals surface area (Å²) >= 11 is 0. The average Bonchev–Trinajstić information content (AvgIpc) is 2.30. The molecule has 2 heteroatoms. The van der Waals surface area contributed by atoms with Gasteiger partial charge in [-0.2, -0.15) is 0 Å². The van der Waals surface area contributed by atoms with E-state index in [4.69, 9.17) is 0 Å². The van der Waals surface area contributed by atoms with Crippen LogP contribution in [-0.2, 0) is 0 Å². The van der Waals surface area contributed by atoms with Crippen molar-refractivity contribution in [2.24, 2.45) is 11.8 Å². The van der Waals surface area contributed by atoms with Gasteiger partial charge in [0.15, 0.2) is 0 Å². The fourth-order valence-corrected chi connectivity index (χ4v) is 3.30. The Bertz CT molecular complexity index is 166. The SMILES string of the molecule is OCC1NCCCC1C1CCCCC1. The van der Waals surface area contributed by atoms with E-state index in [1.807, 2.05) is 0 Å². The van der Waals surface area contributed by atoms with Gasteiger partial charge in [-0.1, -0.05) is 32.1 Å². The highest BCUT2D eigenvalue weighted by Crippen LogP contribution is 2.35. The van der Waals surface area contributed by atoms with E-state index in [1.54, 1.807) is 0 Å². The lowest BCUT2D eigenvalue weighted by atomic mass is 9.73. The van der Waals surface area contributed by atoms with E-state index < -0.39 is 0 Å². The maximum atomic E-state index is 9.33. The molecule has 0 aromatic heterocycles. The van der Waals surface area contributed by atoms with Crippen molar-refractivity contribution < 1.29 is 5.11 Å². The van der Waals surface area contributed by atoms with Gasteiger partial charge in [-0.3, -0.25) is 0 Å². The van der Waals surface area contributed by atoms with Gasteiger partial charge in [0.05, 0.1) is 6.61 Å². The predicted molar refractivity (Wildman–Crippen MR) is 58.2 cm³/mol. The van der Waals surface area contributed by atoms with Gasteiger partial charge in [0.2, 0.25) is 0 Å². The molecule has 0 bridgehead atoms. The number of nitrogens with one attached hydrogen (secondary N) is 1. The molecule has 2 rings (SSSR count). The highest BCUT2D eigenvalue weighted by molar-refractivity contribution is 4.86. The Hall–Kier alpha value is -0.0800. The third kappa shape index (κ3) is 2.29. The van der Waals surface area contributed by atoms with Crippen molar-refractivity contribution in [2.75, 3.05) is 13.2 Å². The van der Waals surface area contributed by atoms with Crippen molar-refractivity contribution in [1.29, 1.82) is 0 Å². The summed E-state index contributed by atoms with van der Waals surface area (Å²) < 4.78 is 0. The Kier molecular flexibility index (Phi) is 3.82. The highest BCUT2D eigenvalue weighted by Gasteiger charge is 2.31. The van der Waals surface area contributed by atoms with Crippen molar-refractivity contribution in [3.05, 3.63) is 0 Å². The van der Waals surface area contributed by atoms with Crippen LogP contribution in [-0.4, -0.2) is 24.3 Å². The molecule has 1 aliphatic heterocycles. The quantitative estimate of drug-likeness (QED) is 0.709. The summed E-state index contributed by atoms with van der Waals surface area (Å²) in [6.07, 6.45) is 9.71. The van der Waals surface area contributed by atoms with E-state index in [0.717, 1.165) is 18.4 Å². The van der Waals surface area contributed by atoms with Gasteiger partial charge in [-0.05, 0) is 31.2 Å². The average molecular weight is 197 g/mol. The van der Waals surface area contributed by atoms with Crippen LogP contribution < -0.4 is 5.32 Å². The molecule has 2 atom stereocenters. The fraction of sp³-hybridized carbons (Fsp3) is 1.00. The van der Waals surface area contributed by atoms with E-state index in [9.17, 15) is 5.11 Å². The standard InChI is InChI=1S/C12H23NO/c14-9-12-11(7-4-8-13-12)10-5-2-1-3-6-10/h10-14H,1-9H2. The van der Waals surface area contributed by atoms with Gasteiger partial charge >= 0.3 is 0 Å².